The SMILES string of the molecule is C[C@@H]1CNC[C@H]1C(=O)N1CCc2sccc2C1C1CC1. The molecule has 1 amide bonds. The standard InChI is InChI=1S/C16H22N2OS/c1-10-8-17-9-13(10)16(19)18-6-4-14-12(5-7-20-14)15(18)11-2-3-11/h5,7,10-11,13,15,17H,2-4,6,8-9H2,1H3/t10-,13-,15?/m1/s1. The number of hydrogen-bond donors (Lipinski definition) is 1. The third-order valence-electron chi connectivity index (χ3n) is 5.20. The van der Waals surface area contributed by atoms with Crippen LogP contribution in [0.1, 0.15) is 36.2 Å². The Morgan fingerprint density at radius 1 is 1.40 bits per heavy atom. The molecule has 1 aromatic heterocycles. The fourth-order valence-electron chi connectivity index (χ4n) is 3.87. The van der Waals surface area contributed by atoms with Gasteiger partial charge >= 0.3 is 0 Å². The fourth-order valence-corrected chi connectivity index (χ4v) is 4.78. The van der Waals surface area contributed by atoms with Crippen LogP contribution in [0.4, 0.5) is 0 Å². The molecule has 0 radical (unpaired) electrons. The minimum Gasteiger partial charge on any atom is -0.335 e. The lowest BCUT2D eigenvalue weighted by Gasteiger charge is -2.38. The number of nitrogens with one attached hydrogen (secondary N) is 1. The van der Waals surface area contributed by atoms with Crippen molar-refractivity contribution in [2.24, 2.45) is 17.8 Å². The zero-order valence-corrected chi connectivity index (χ0v) is 12.8. The molecule has 3 heterocycles. The molecular formula is C16H22N2OS. The van der Waals surface area contributed by atoms with Gasteiger partial charge in [0.15, 0.2) is 0 Å². The summed E-state index contributed by atoms with van der Waals surface area (Å²) in [4.78, 5) is 16.7. The average molecular weight is 290 g/mol. The lowest BCUT2D eigenvalue weighted by molar-refractivity contribution is -0.139. The van der Waals surface area contributed by atoms with Gasteiger partial charge in [0.25, 0.3) is 0 Å². The van der Waals surface area contributed by atoms with Gasteiger partial charge in [-0.1, -0.05) is 6.92 Å². The van der Waals surface area contributed by atoms with E-state index >= 15 is 0 Å². The van der Waals surface area contributed by atoms with Gasteiger partial charge in [-0.2, -0.15) is 0 Å². The number of nitrogens with zero attached hydrogens (tertiary/aromatic N) is 1. The Hall–Kier alpha value is -0.870. The van der Waals surface area contributed by atoms with E-state index in [0.717, 1.165) is 32.0 Å². The maximum absolute atomic E-state index is 13.0. The maximum Gasteiger partial charge on any atom is 0.227 e. The van der Waals surface area contributed by atoms with Crippen LogP contribution in [-0.4, -0.2) is 30.4 Å². The second-order valence-electron chi connectivity index (χ2n) is 6.61. The summed E-state index contributed by atoms with van der Waals surface area (Å²) in [5, 5.41) is 5.57. The zero-order valence-electron chi connectivity index (χ0n) is 12.0. The van der Waals surface area contributed by atoms with Gasteiger partial charge in [0.1, 0.15) is 0 Å². The molecule has 3 aliphatic rings. The quantitative estimate of drug-likeness (QED) is 0.907. The van der Waals surface area contributed by atoms with Crippen LogP contribution in [0.25, 0.3) is 0 Å². The van der Waals surface area contributed by atoms with E-state index in [1.807, 2.05) is 11.3 Å². The fraction of sp³-hybridized carbons (Fsp3) is 0.688. The van der Waals surface area contributed by atoms with E-state index in [2.05, 4.69) is 28.6 Å². The topological polar surface area (TPSA) is 32.3 Å². The molecule has 1 saturated carbocycles. The molecule has 0 spiro atoms. The summed E-state index contributed by atoms with van der Waals surface area (Å²) >= 11 is 1.87. The number of rotatable bonds is 2. The minimum atomic E-state index is 0.191. The van der Waals surface area contributed by atoms with Gasteiger partial charge in [0.2, 0.25) is 5.91 Å². The van der Waals surface area contributed by atoms with Crippen LogP contribution >= 0.6 is 11.3 Å². The summed E-state index contributed by atoms with van der Waals surface area (Å²) in [6, 6.07) is 2.64. The molecule has 108 valence electrons. The normalized spacial score (nSPS) is 33.2. The molecule has 1 saturated heterocycles. The summed E-state index contributed by atoms with van der Waals surface area (Å²) in [7, 11) is 0. The first-order valence-corrected chi connectivity index (χ1v) is 8.71. The molecule has 3 nitrogen and oxygen atoms in total. The number of thiophene rings is 1. The summed E-state index contributed by atoms with van der Waals surface area (Å²) in [6.07, 6.45) is 3.64. The molecule has 3 atom stereocenters. The first kappa shape index (κ1) is 12.8. The molecule has 4 heteroatoms. The van der Waals surface area contributed by atoms with Gasteiger partial charge < -0.3 is 10.2 Å². The lowest BCUT2D eigenvalue weighted by Crippen LogP contribution is -2.45. The van der Waals surface area contributed by atoms with Gasteiger partial charge in [-0.3, -0.25) is 4.79 Å². The van der Waals surface area contributed by atoms with E-state index in [9.17, 15) is 4.79 Å². The highest BCUT2D eigenvalue weighted by molar-refractivity contribution is 7.10. The van der Waals surface area contributed by atoms with Crippen molar-refractivity contribution >= 4 is 17.2 Å². The molecular weight excluding hydrogens is 268 g/mol. The van der Waals surface area contributed by atoms with Crippen molar-refractivity contribution < 1.29 is 4.79 Å². The first-order chi connectivity index (χ1) is 9.75. The molecule has 0 bridgehead atoms. The van der Waals surface area contributed by atoms with Crippen molar-refractivity contribution in [1.82, 2.24) is 10.2 Å². The molecule has 2 fully saturated rings. The van der Waals surface area contributed by atoms with E-state index in [1.165, 1.54) is 23.3 Å². The minimum absolute atomic E-state index is 0.191. The first-order valence-electron chi connectivity index (χ1n) is 7.83. The van der Waals surface area contributed by atoms with Crippen LogP contribution < -0.4 is 5.32 Å². The number of hydrogen-bond acceptors (Lipinski definition) is 3. The Balaban J connectivity index is 1.62. The average Bonchev–Trinajstić information content (AvgIpc) is 3.01. The highest BCUT2D eigenvalue weighted by Crippen LogP contribution is 2.49. The Labute approximate surface area is 124 Å². The Morgan fingerprint density at radius 2 is 2.25 bits per heavy atom. The maximum atomic E-state index is 13.0. The number of carbonyl (C=O) groups excluding carboxylic acids is 1. The van der Waals surface area contributed by atoms with Gasteiger partial charge in [-0.05, 0) is 54.7 Å². The lowest BCUT2D eigenvalue weighted by atomic mass is 9.91. The molecule has 1 aliphatic carbocycles. The molecule has 20 heavy (non-hydrogen) atoms. The number of amides is 1. The van der Waals surface area contributed by atoms with Crippen LogP contribution in [-0.2, 0) is 11.2 Å². The van der Waals surface area contributed by atoms with Crippen LogP contribution in [0.5, 0.6) is 0 Å². The van der Waals surface area contributed by atoms with E-state index in [1.54, 1.807) is 0 Å². The van der Waals surface area contributed by atoms with E-state index < -0.39 is 0 Å². The van der Waals surface area contributed by atoms with Crippen LogP contribution in [0.15, 0.2) is 11.4 Å². The van der Waals surface area contributed by atoms with Crippen molar-refractivity contribution in [3.05, 3.63) is 21.9 Å². The Morgan fingerprint density at radius 3 is 2.95 bits per heavy atom. The third-order valence-corrected chi connectivity index (χ3v) is 6.20. The second-order valence-corrected chi connectivity index (χ2v) is 7.61. The summed E-state index contributed by atoms with van der Waals surface area (Å²) < 4.78 is 0. The Kier molecular flexibility index (Phi) is 3.11. The van der Waals surface area contributed by atoms with Crippen molar-refractivity contribution in [3.8, 4) is 0 Å². The largest absolute Gasteiger partial charge is 0.335 e. The summed E-state index contributed by atoms with van der Waals surface area (Å²) in [6.45, 7) is 4.98. The van der Waals surface area contributed by atoms with Gasteiger partial charge in [0, 0.05) is 18.0 Å². The van der Waals surface area contributed by atoms with E-state index in [4.69, 9.17) is 0 Å². The van der Waals surface area contributed by atoms with Gasteiger partial charge in [0.05, 0.1) is 12.0 Å². The Bertz CT molecular complexity index is 522. The van der Waals surface area contributed by atoms with Crippen LogP contribution in [0.3, 0.4) is 0 Å². The third kappa shape index (κ3) is 2.01. The second kappa shape index (κ2) is 4.85. The highest BCUT2D eigenvalue weighted by Gasteiger charge is 2.44. The predicted molar refractivity (Wildman–Crippen MR) is 80.7 cm³/mol. The van der Waals surface area contributed by atoms with Gasteiger partial charge in [-0.25, -0.2) is 0 Å². The number of fused-ring (bicyclic) bond motifs is 1. The van der Waals surface area contributed by atoms with Gasteiger partial charge in [-0.15, -0.1) is 11.3 Å². The van der Waals surface area contributed by atoms with E-state index in [0.29, 0.717) is 17.9 Å². The number of carbonyl (C=O) groups is 1. The van der Waals surface area contributed by atoms with Crippen molar-refractivity contribution in [3.63, 3.8) is 0 Å². The van der Waals surface area contributed by atoms with Crippen molar-refractivity contribution in [2.45, 2.75) is 32.2 Å². The molecule has 1 aromatic rings. The van der Waals surface area contributed by atoms with E-state index in [-0.39, 0.29) is 5.92 Å². The van der Waals surface area contributed by atoms with Crippen molar-refractivity contribution in [1.29, 1.82) is 0 Å². The highest BCUT2D eigenvalue weighted by atomic mass is 32.1. The monoisotopic (exact) mass is 290 g/mol. The summed E-state index contributed by atoms with van der Waals surface area (Å²) in [5.41, 5.74) is 1.45. The van der Waals surface area contributed by atoms with Crippen LogP contribution in [0.2, 0.25) is 0 Å². The molecule has 2 aliphatic heterocycles. The van der Waals surface area contributed by atoms with Crippen molar-refractivity contribution in [2.75, 3.05) is 19.6 Å². The predicted octanol–water partition coefficient (Wildman–Crippen LogP) is 2.44. The molecule has 1 N–H and O–H groups in total. The zero-order chi connectivity index (χ0) is 13.7. The van der Waals surface area contributed by atoms with Crippen LogP contribution in [0, 0.1) is 17.8 Å². The summed E-state index contributed by atoms with van der Waals surface area (Å²) in [5.74, 6) is 1.79. The smallest absolute Gasteiger partial charge is 0.227 e. The molecule has 4 rings (SSSR count). The molecule has 0 aromatic carbocycles. The molecule has 1 unspecified atom stereocenters.